The van der Waals surface area contributed by atoms with E-state index in [0.29, 0.717) is 23.0 Å². The van der Waals surface area contributed by atoms with Gasteiger partial charge in [0, 0.05) is 37.4 Å². The molecule has 1 N–H and O–H groups in total. The molecule has 1 fully saturated rings. The fraction of sp³-hybridized carbons (Fsp3) is 0.364. The number of anilines is 1. The zero-order valence-corrected chi connectivity index (χ0v) is 17.1. The quantitative estimate of drug-likeness (QED) is 0.595. The highest BCUT2D eigenvalue weighted by Gasteiger charge is 2.20. The normalized spacial score (nSPS) is 13.9. The van der Waals surface area contributed by atoms with Gasteiger partial charge in [-0.05, 0) is 49.0 Å². The Bertz CT molecular complexity index is 789. The van der Waals surface area contributed by atoms with E-state index in [9.17, 15) is 4.79 Å². The minimum absolute atomic E-state index is 0.198. The maximum absolute atomic E-state index is 12.6. The summed E-state index contributed by atoms with van der Waals surface area (Å²) in [5.74, 6) is 0.514. The van der Waals surface area contributed by atoms with E-state index in [1.54, 1.807) is 12.1 Å². The molecule has 0 radical (unpaired) electrons. The Morgan fingerprint density at radius 2 is 1.82 bits per heavy atom. The lowest BCUT2D eigenvalue weighted by Gasteiger charge is -2.37. The van der Waals surface area contributed by atoms with Crippen LogP contribution in [0.25, 0.3) is 0 Å². The third kappa shape index (κ3) is 5.45. The summed E-state index contributed by atoms with van der Waals surface area (Å²) in [4.78, 5) is 17.0. The van der Waals surface area contributed by atoms with Gasteiger partial charge in [0.25, 0.3) is 5.91 Å². The van der Waals surface area contributed by atoms with E-state index in [0.717, 1.165) is 39.0 Å². The van der Waals surface area contributed by atoms with Gasteiger partial charge >= 0.3 is 0 Å². The Labute approximate surface area is 172 Å². The van der Waals surface area contributed by atoms with Gasteiger partial charge in [-0.25, -0.2) is 0 Å². The summed E-state index contributed by atoms with van der Waals surface area (Å²) in [6, 6.07) is 17.6. The Balaban J connectivity index is 1.51. The van der Waals surface area contributed by atoms with E-state index in [1.165, 1.54) is 5.69 Å². The maximum Gasteiger partial charge on any atom is 0.257 e. The summed E-state index contributed by atoms with van der Waals surface area (Å²) in [5, 5.41) is 3.34. The summed E-state index contributed by atoms with van der Waals surface area (Å²) >= 11 is 5.47. The first-order valence-corrected chi connectivity index (χ1v) is 10.2. The fourth-order valence-corrected chi connectivity index (χ4v) is 3.39. The number of hydrogen-bond donors (Lipinski definition) is 1. The van der Waals surface area contributed by atoms with Crippen molar-refractivity contribution in [2.24, 2.45) is 0 Å². The van der Waals surface area contributed by atoms with Gasteiger partial charge in [0.05, 0.1) is 6.61 Å². The zero-order valence-electron chi connectivity index (χ0n) is 16.3. The van der Waals surface area contributed by atoms with Crippen LogP contribution in [0.2, 0.25) is 0 Å². The number of amides is 1. The topological polar surface area (TPSA) is 44.8 Å². The van der Waals surface area contributed by atoms with Crippen molar-refractivity contribution in [3.63, 3.8) is 0 Å². The number of nitrogens with zero attached hydrogens (tertiary/aromatic N) is 2. The molecule has 0 bridgehead atoms. The molecule has 1 amide bonds. The number of para-hydroxylation sites is 1. The van der Waals surface area contributed by atoms with Crippen molar-refractivity contribution in [2.45, 2.75) is 19.8 Å². The number of ether oxygens (including phenoxy) is 1. The van der Waals surface area contributed by atoms with Crippen LogP contribution >= 0.6 is 12.2 Å². The highest BCUT2D eigenvalue weighted by molar-refractivity contribution is 7.80. The van der Waals surface area contributed by atoms with E-state index in [-0.39, 0.29) is 5.91 Å². The molecule has 2 aromatic carbocycles. The van der Waals surface area contributed by atoms with Crippen LogP contribution in [-0.2, 0) is 0 Å². The average molecular weight is 398 g/mol. The molecule has 148 valence electrons. The second-order valence-electron chi connectivity index (χ2n) is 6.80. The van der Waals surface area contributed by atoms with Crippen molar-refractivity contribution in [1.82, 2.24) is 10.2 Å². The highest BCUT2D eigenvalue weighted by Crippen LogP contribution is 2.16. The zero-order chi connectivity index (χ0) is 19.8. The van der Waals surface area contributed by atoms with Crippen molar-refractivity contribution < 1.29 is 9.53 Å². The van der Waals surface area contributed by atoms with Gasteiger partial charge in [0.2, 0.25) is 0 Å². The predicted octanol–water partition coefficient (Wildman–Crippen LogP) is 3.70. The molecule has 0 unspecified atom stereocenters. The SMILES string of the molecule is CCCCOc1cccc(C(=O)NC(=S)N2CCN(c3ccccc3)CC2)c1. The number of hydrogen-bond acceptors (Lipinski definition) is 4. The monoisotopic (exact) mass is 397 g/mol. The van der Waals surface area contributed by atoms with Crippen molar-refractivity contribution in [2.75, 3.05) is 37.7 Å². The van der Waals surface area contributed by atoms with Gasteiger partial charge < -0.3 is 14.5 Å². The maximum atomic E-state index is 12.6. The van der Waals surface area contributed by atoms with E-state index in [1.807, 2.05) is 35.2 Å². The fourth-order valence-electron chi connectivity index (χ4n) is 3.12. The van der Waals surface area contributed by atoms with Gasteiger partial charge in [0.15, 0.2) is 5.11 Å². The number of thiocarbonyl (C=S) groups is 1. The molecule has 1 saturated heterocycles. The lowest BCUT2D eigenvalue weighted by Crippen LogP contribution is -2.52. The second kappa shape index (κ2) is 10.1. The van der Waals surface area contributed by atoms with Crippen LogP contribution in [0.5, 0.6) is 5.75 Å². The van der Waals surface area contributed by atoms with E-state index in [4.69, 9.17) is 17.0 Å². The summed E-state index contributed by atoms with van der Waals surface area (Å²) in [5.41, 5.74) is 1.77. The second-order valence-corrected chi connectivity index (χ2v) is 7.19. The minimum atomic E-state index is -0.198. The Morgan fingerprint density at radius 3 is 2.54 bits per heavy atom. The van der Waals surface area contributed by atoms with Gasteiger partial charge in [-0.3, -0.25) is 10.1 Å². The number of carbonyl (C=O) groups excluding carboxylic acids is 1. The summed E-state index contributed by atoms with van der Waals surface area (Å²) in [6.45, 7) is 6.10. The summed E-state index contributed by atoms with van der Waals surface area (Å²) in [6.07, 6.45) is 2.07. The third-order valence-electron chi connectivity index (χ3n) is 4.77. The van der Waals surface area contributed by atoms with Crippen LogP contribution in [0.1, 0.15) is 30.1 Å². The van der Waals surface area contributed by atoms with Gasteiger partial charge in [-0.15, -0.1) is 0 Å². The first-order valence-electron chi connectivity index (χ1n) is 9.80. The predicted molar refractivity (Wildman–Crippen MR) is 117 cm³/mol. The first kappa shape index (κ1) is 20.1. The van der Waals surface area contributed by atoms with Crippen LogP contribution in [-0.4, -0.2) is 48.7 Å². The molecule has 0 aliphatic carbocycles. The summed E-state index contributed by atoms with van der Waals surface area (Å²) < 4.78 is 5.68. The van der Waals surface area contributed by atoms with Crippen LogP contribution in [0.4, 0.5) is 5.69 Å². The Morgan fingerprint density at radius 1 is 1.07 bits per heavy atom. The van der Waals surface area contributed by atoms with Crippen LogP contribution in [0, 0.1) is 0 Å². The van der Waals surface area contributed by atoms with Crippen molar-refractivity contribution in [3.8, 4) is 5.75 Å². The third-order valence-corrected chi connectivity index (χ3v) is 5.13. The molecule has 0 aromatic heterocycles. The van der Waals surface area contributed by atoms with Gasteiger partial charge in [0.1, 0.15) is 5.75 Å². The number of unbranched alkanes of at least 4 members (excludes halogenated alkanes) is 1. The molecule has 6 heteroatoms. The molecule has 3 rings (SSSR count). The summed E-state index contributed by atoms with van der Waals surface area (Å²) in [7, 11) is 0. The molecule has 1 aliphatic heterocycles. The van der Waals surface area contributed by atoms with Crippen LogP contribution in [0.3, 0.4) is 0 Å². The molecule has 0 spiro atoms. The lowest BCUT2D eigenvalue weighted by molar-refractivity contribution is 0.0972. The average Bonchev–Trinajstić information content (AvgIpc) is 2.75. The number of nitrogens with one attached hydrogen (secondary N) is 1. The molecule has 1 aliphatic rings. The molecule has 1 heterocycles. The standard InChI is InChI=1S/C22H27N3O2S/c1-2-3-16-27-20-11-7-8-18(17-20)21(26)23-22(28)25-14-12-24(13-15-25)19-9-5-4-6-10-19/h4-11,17H,2-3,12-16H2,1H3,(H,23,26,28). The first-order chi connectivity index (χ1) is 13.7. The Hall–Kier alpha value is -2.60. The number of carbonyl (C=O) groups is 1. The van der Waals surface area contributed by atoms with Gasteiger partial charge in [-0.1, -0.05) is 37.6 Å². The largest absolute Gasteiger partial charge is 0.494 e. The number of rotatable bonds is 6. The van der Waals surface area contributed by atoms with Crippen molar-refractivity contribution in [3.05, 3.63) is 60.2 Å². The molecular weight excluding hydrogens is 370 g/mol. The van der Waals surface area contributed by atoms with Crippen LogP contribution in [0.15, 0.2) is 54.6 Å². The van der Waals surface area contributed by atoms with E-state index >= 15 is 0 Å². The lowest BCUT2D eigenvalue weighted by atomic mass is 10.2. The van der Waals surface area contributed by atoms with Gasteiger partial charge in [-0.2, -0.15) is 0 Å². The molecule has 0 atom stereocenters. The van der Waals surface area contributed by atoms with Crippen molar-refractivity contribution >= 4 is 28.9 Å². The molecular formula is C22H27N3O2S. The smallest absolute Gasteiger partial charge is 0.257 e. The molecule has 2 aromatic rings. The minimum Gasteiger partial charge on any atom is -0.494 e. The highest BCUT2D eigenvalue weighted by atomic mass is 32.1. The van der Waals surface area contributed by atoms with E-state index in [2.05, 4.69) is 29.3 Å². The molecule has 5 nitrogen and oxygen atoms in total. The molecule has 0 saturated carbocycles. The number of benzene rings is 2. The van der Waals surface area contributed by atoms with Crippen LogP contribution < -0.4 is 15.0 Å². The molecule has 28 heavy (non-hydrogen) atoms. The van der Waals surface area contributed by atoms with Crippen molar-refractivity contribution in [1.29, 1.82) is 0 Å². The Kier molecular flexibility index (Phi) is 7.25. The number of piperazine rings is 1. The van der Waals surface area contributed by atoms with E-state index < -0.39 is 0 Å².